The molecule has 0 radical (unpaired) electrons. The molecule has 0 aliphatic carbocycles. The number of hydrogen-bond acceptors (Lipinski definition) is 2. The van der Waals surface area contributed by atoms with Gasteiger partial charge in [0.1, 0.15) is 5.82 Å². The van der Waals surface area contributed by atoms with Gasteiger partial charge in [0.05, 0.1) is 10.9 Å². The number of amides is 2. The van der Waals surface area contributed by atoms with E-state index < -0.39 is 17.6 Å². The zero-order chi connectivity index (χ0) is 12.6. The monoisotopic (exact) mass is 256 g/mol. The third kappa shape index (κ3) is 2.24. The minimum atomic E-state index is -0.598. The van der Waals surface area contributed by atoms with Crippen LogP contribution in [0.3, 0.4) is 0 Å². The Labute approximate surface area is 102 Å². The standard InChI is InChI=1S/C11H10ClFN2O2/c12-8-2-1-7(4-9(8)13)15-5-6(11(14)17)3-10(15)16/h1-2,4,6H,3,5H2,(H2,14,17). The lowest BCUT2D eigenvalue weighted by molar-refractivity contribution is -0.123. The molecular formula is C11H10ClFN2O2. The number of nitrogens with two attached hydrogens (primary N) is 1. The van der Waals surface area contributed by atoms with E-state index in [2.05, 4.69) is 0 Å². The lowest BCUT2D eigenvalue weighted by Gasteiger charge is -2.16. The van der Waals surface area contributed by atoms with Crippen LogP contribution in [-0.4, -0.2) is 18.4 Å². The van der Waals surface area contributed by atoms with E-state index in [-0.39, 0.29) is 23.9 Å². The van der Waals surface area contributed by atoms with Crippen LogP contribution in [0.15, 0.2) is 18.2 Å². The van der Waals surface area contributed by atoms with E-state index in [9.17, 15) is 14.0 Å². The summed E-state index contributed by atoms with van der Waals surface area (Å²) in [6.45, 7) is 0.190. The van der Waals surface area contributed by atoms with Crippen molar-refractivity contribution in [2.45, 2.75) is 6.42 Å². The Morgan fingerprint density at radius 3 is 2.76 bits per heavy atom. The number of halogens is 2. The minimum Gasteiger partial charge on any atom is -0.369 e. The molecule has 17 heavy (non-hydrogen) atoms. The summed E-state index contributed by atoms with van der Waals surface area (Å²) in [6.07, 6.45) is 0.0690. The van der Waals surface area contributed by atoms with Gasteiger partial charge in [-0.15, -0.1) is 0 Å². The van der Waals surface area contributed by atoms with Crippen molar-refractivity contribution in [3.63, 3.8) is 0 Å². The molecule has 2 N–H and O–H groups in total. The molecule has 4 nitrogen and oxygen atoms in total. The number of rotatable bonds is 2. The number of primary amides is 1. The zero-order valence-corrected chi connectivity index (χ0v) is 9.58. The van der Waals surface area contributed by atoms with Crippen molar-refractivity contribution in [3.05, 3.63) is 29.0 Å². The highest BCUT2D eigenvalue weighted by Gasteiger charge is 2.34. The SMILES string of the molecule is NC(=O)C1CC(=O)N(c2ccc(Cl)c(F)c2)C1. The van der Waals surface area contributed by atoms with Crippen molar-refractivity contribution in [1.82, 2.24) is 0 Å². The first-order valence-electron chi connectivity index (χ1n) is 5.04. The quantitative estimate of drug-likeness (QED) is 0.867. The van der Waals surface area contributed by atoms with Crippen LogP contribution in [0.1, 0.15) is 6.42 Å². The van der Waals surface area contributed by atoms with E-state index in [0.717, 1.165) is 0 Å². The summed E-state index contributed by atoms with van der Waals surface area (Å²) in [5.41, 5.74) is 5.53. The van der Waals surface area contributed by atoms with Crippen LogP contribution in [0.25, 0.3) is 0 Å². The number of anilines is 1. The van der Waals surface area contributed by atoms with Crippen molar-refractivity contribution in [2.24, 2.45) is 11.7 Å². The van der Waals surface area contributed by atoms with Crippen molar-refractivity contribution < 1.29 is 14.0 Å². The molecule has 6 heteroatoms. The van der Waals surface area contributed by atoms with Crippen LogP contribution in [0, 0.1) is 11.7 Å². The van der Waals surface area contributed by atoms with Gasteiger partial charge in [-0.2, -0.15) is 0 Å². The van der Waals surface area contributed by atoms with Crippen LogP contribution in [-0.2, 0) is 9.59 Å². The van der Waals surface area contributed by atoms with Crippen LogP contribution in [0.2, 0.25) is 5.02 Å². The summed E-state index contributed by atoms with van der Waals surface area (Å²) in [5, 5.41) is -0.00755. The van der Waals surface area contributed by atoms with E-state index in [1.165, 1.54) is 23.1 Å². The molecule has 2 rings (SSSR count). The zero-order valence-electron chi connectivity index (χ0n) is 8.82. The van der Waals surface area contributed by atoms with Crippen molar-refractivity contribution in [1.29, 1.82) is 0 Å². The predicted octanol–water partition coefficient (Wildman–Crippen LogP) is 1.32. The summed E-state index contributed by atoms with van der Waals surface area (Å²) >= 11 is 5.55. The van der Waals surface area contributed by atoms with Gasteiger partial charge in [-0.25, -0.2) is 4.39 Å². The molecule has 1 heterocycles. The Bertz CT molecular complexity index is 492. The molecule has 2 amide bonds. The molecule has 0 saturated carbocycles. The molecule has 0 aromatic heterocycles. The smallest absolute Gasteiger partial charge is 0.227 e. The third-order valence-electron chi connectivity index (χ3n) is 2.74. The summed E-state index contributed by atoms with van der Waals surface area (Å²) in [5.74, 6) is -1.87. The normalized spacial score (nSPS) is 19.8. The van der Waals surface area contributed by atoms with Crippen molar-refractivity contribution in [2.75, 3.05) is 11.4 Å². The highest BCUT2D eigenvalue weighted by atomic mass is 35.5. The van der Waals surface area contributed by atoms with Crippen LogP contribution < -0.4 is 10.6 Å². The van der Waals surface area contributed by atoms with E-state index in [1.54, 1.807) is 0 Å². The number of benzene rings is 1. The molecular weight excluding hydrogens is 247 g/mol. The summed E-state index contributed by atoms with van der Waals surface area (Å²) in [4.78, 5) is 24.0. The number of nitrogens with zero attached hydrogens (tertiary/aromatic N) is 1. The van der Waals surface area contributed by atoms with E-state index in [4.69, 9.17) is 17.3 Å². The van der Waals surface area contributed by atoms with Gasteiger partial charge in [-0.3, -0.25) is 9.59 Å². The van der Waals surface area contributed by atoms with Crippen molar-refractivity contribution >= 4 is 29.1 Å². The average Bonchev–Trinajstić information content (AvgIpc) is 2.65. The van der Waals surface area contributed by atoms with Gasteiger partial charge >= 0.3 is 0 Å². The maximum atomic E-state index is 13.3. The molecule has 0 spiro atoms. The van der Waals surface area contributed by atoms with E-state index in [0.29, 0.717) is 5.69 Å². The highest BCUT2D eigenvalue weighted by Crippen LogP contribution is 2.27. The molecule has 1 aromatic rings. The topological polar surface area (TPSA) is 63.4 Å². The second-order valence-electron chi connectivity index (χ2n) is 3.91. The molecule has 0 bridgehead atoms. The largest absolute Gasteiger partial charge is 0.369 e. The number of hydrogen-bond donors (Lipinski definition) is 1. The average molecular weight is 257 g/mol. The summed E-state index contributed by atoms with van der Waals surface area (Å²) in [7, 11) is 0. The fourth-order valence-corrected chi connectivity index (χ4v) is 1.92. The Hall–Kier alpha value is -1.62. The maximum Gasteiger partial charge on any atom is 0.227 e. The highest BCUT2D eigenvalue weighted by molar-refractivity contribution is 6.30. The maximum absolute atomic E-state index is 13.3. The van der Waals surface area contributed by atoms with Gasteiger partial charge in [0.2, 0.25) is 11.8 Å². The molecule has 1 aliphatic rings. The lowest BCUT2D eigenvalue weighted by Crippen LogP contribution is -2.28. The van der Waals surface area contributed by atoms with Gasteiger partial charge in [-0.05, 0) is 18.2 Å². The van der Waals surface area contributed by atoms with Crippen LogP contribution in [0.4, 0.5) is 10.1 Å². The van der Waals surface area contributed by atoms with Gasteiger partial charge < -0.3 is 10.6 Å². The van der Waals surface area contributed by atoms with Gasteiger partial charge in [0.15, 0.2) is 0 Å². The molecule has 1 atom stereocenters. The fraction of sp³-hybridized carbons (Fsp3) is 0.273. The minimum absolute atomic E-state index is 0.00755. The van der Waals surface area contributed by atoms with Crippen molar-refractivity contribution in [3.8, 4) is 0 Å². The number of carbonyl (C=O) groups excluding carboxylic acids is 2. The first-order chi connectivity index (χ1) is 7.99. The Morgan fingerprint density at radius 2 is 2.24 bits per heavy atom. The Balaban J connectivity index is 2.26. The molecule has 1 aliphatic heterocycles. The summed E-state index contributed by atoms with van der Waals surface area (Å²) < 4.78 is 13.3. The van der Waals surface area contributed by atoms with E-state index >= 15 is 0 Å². The van der Waals surface area contributed by atoms with E-state index in [1.807, 2.05) is 0 Å². The first kappa shape index (κ1) is 11.9. The van der Waals surface area contributed by atoms with Crippen LogP contribution >= 0.6 is 11.6 Å². The second kappa shape index (κ2) is 4.33. The third-order valence-corrected chi connectivity index (χ3v) is 3.05. The lowest BCUT2D eigenvalue weighted by atomic mass is 10.1. The van der Waals surface area contributed by atoms with Gasteiger partial charge in [0, 0.05) is 18.7 Å². The first-order valence-corrected chi connectivity index (χ1v) is 5.41. The second-order valence-corrected chi connectivity index (χ2v) is 4.31. The molecule has 1 aromatic carbocycles. The molecule has 1 unspecified atom stereocenters. The fourth-order valence-electron chi connectivity index (χ4n) is 1.80. The summed E-state index contributed by atoms with van der Waals surface area (Å²) in [6, 6.07) is 4.08. The molecule has 1 saturated heterocycles. The van der Waals surface area contributed by atoms with Crippen LogP contribution in [0.5, 0.6) is 0 Å². The molecule has 90 valence electrons. The molecule has 1 fully saturated rings. The predicted molar refractivity (Wildman–Crippen MR) is 61.1 cm³/mol. The van der Waals surface area contributed by atoms with Gasteiger partial charge in [0.25, 0.3) is 0 Å². The Morgan fingerprint density at radius 1 is 1.53 bits per heavy atom. The number of carbonyl (C=O) groups is 2. The van der Waals surface area contributed by atoms with Gasteiger partial charge in [-0.1, -0.05) is 11.6 Å². The Kier molecular flexibility index (Phi) is 3.02.